The Morgan fingerprint density at radius 2 is 1.40 bits per heavy atom. The van der Waals surface area contributed by atoms with Crippen molar-refractivity contribution in [3.05, 3.63) is 0 Å². The summed E-state index contributed by atoms with van der Waals surface area (Å²) < 4.78 is 10.3. The van der Waals surface area contributed by atoms with E-state index in [1.54, 1.807) is 7.11 Å². The molecule has 0 aliphatic rings. The average Bonchev–Trinajstić information content (AvgIpc) is 1.65. The molecule has 2 nitrogen and oxygen atoms in total. The minimum atomic E-state index is -0.883. The van der Waals surface area contributed by atoms with Crippen molar-refractivity contribution in [2.75, 3.05) is 7.11 Å². The first-order valence-corrected chi connectivity index (χ1v) is 6.75. The predicted molar refractivity (Wildman–Crippen MR) is 37.2 cm³/mol. The van der Waals surface area contributed by atoms with Crippen LogP contribution in [0, 0.1) is 0 Å². The van der Waals surface area contributed by atoms with Gasteiger partial charge >= 0.3 is 9.28 Å². The molecular formula is C4H12O2Si2Y2. The van der Waals surface area contributed by atoms with E-state index in [9.17, 15) is 0 Å². The van der Waals surface area contributed by atoms with Crippen molar-refractivity contribution >= 4 is 18.3 Å². The average molecular weight is 326 g/mol. The Labute approximate surface area is 117 Å². The van der Waals surface area contributed by atoms with Crippen molar-refractivity contribution in [2.45, 2.75) is 19.6 Å². The van der Waals surface area contributed by atoms with Gasteiger partial charge in [-0.1, -0.05) is 0 Å². The van der Waals surface area contributed by atoms with Crippen molar-refractivity contribution in [1.82, 2.24) is 0 Å². The third-order valence-electron chi connectivity index (χ3n) is 0.635. The van der Waals surface area contributed by atoms with E-state index in [2.05, 4.69) is 13.1 Å². The second-order valence-electron chi connectivity index (χ2n) is 1.71. The normalized spacial score (nSPS) is 9.00. The van der Waals surface area contributed by atoms with Crippen molar-refractivity contribution in [3.63, 3.8) is 0 Å². The summed E-state index contributed by atoms with van der Waals surface area (Å²) in [5, 5.41) is 0. The van der Waals surface area contributed by atoms with E-state index in [1.165, 1.54) is 0 Å². The van der Waals surface area contributed by atoms with Gasteiger partial charge in [0.2, 0.25) is 0 Å². The van der Waals surface area contributed by atoms with Crippen LogP contribution in [-0.2, 0) is 74.0 Å². The smallest absolute Gasteiger partial charge is 0.369 e. The van der Waals surface area contributed by atoms with Gasteiger partial charge in [0.05, 0.1) is 0 Å². The summed E-state index contributed by atoms with van der Waals surface area (Å²) in [6.45, 7) is 6.22. The van der Waals surface area contributed by atoms with Crippen LogP contribution < -0.4 is 0 Å². The molecule has 0 aromatic rings. The van der Waals surface area contributed by atoms with Gasteiger partial charge < -0.3 is 8.54 Å². The Bertz CT molecular complexity index is 65.2. The van der Waals surface area contributed by atoms with E-state index in [0.29, 0.717) is 0 Å². The van der Waals surface area contributed by atoms with Gasteiger partial charge in [-0.05, 0) is 19.6 Å². The molecule has 0 rings (SSSR count). The van der Waals surface area contributed by atoms with Crippen LogP contribution in [0.2, 0.25) is 19.6 Å². The summed E-state index contributed by atoms with van der Waals surface area (Å²) in [6.07, 6.45) is 0. The number of rotatable bonds is 3. The third-order valence-corrected chi connectivity index (χ3v) is 3.99. The topological polar surface area (TPSA) is 18.5 Å². The van der Waals surface area contributed by atoms with Crippen LogP contribution in [-0.4, -0.2) is 25.4 Å². The molecular weight excluding hydrogens is 314 g/mol. The first-order valence-electron chi connectivity index (χ1n) is 2.52. The summed E-state index contributed by atoms with van der Waals surface area (Å²) in [5.41, 5.74) is 0. The first kappa shape index (κ1) is 18.4. The Hall–Kier alpha value is 2.56. The van der Waals surface area contributed by atoms with E-state index < -0.39 is 18.3 Å². The molecule has 54 valence electrons. The second kappa shape index (κ2) is 11.6. The van der Waals surface area contributed by atoms with Crippen molar-refractivity contribution in [2.24, 2.45) is 0 Å². The van der Waals surface area contributed by atoms with E-state index in [1.807, 2.05) is 6.55 Å². The van der Waals surface area contributed by atoms with Gasteiger partial charge in [-0.25, -0.2) is 0 Å². The summed E-state index contributed by atoms with van der Waals surface area (Å²) in [5.74, 6) is 0. The van der Waals surface area contributed by atoms with Crippen LogP contribution >= 0.6 is 0 Å². The molecule has 0 fully saturated rings. The molecule has 10 heavy (non-hydrogen) atoms. The minimum Gasteiger partial charge on any atom is -0.435 e. The zero-order chi connectivity index (χ0) is 6.57. The molecule has 4 radical (unpaired) electrons. The van der Waals surface area contributed by atoms with Gasteiger partial charge in [0.15, 0.2) is 9.04 Å². The second-order valence-corrected chi connectivity index (χ2v) is 5.73. The van der Waals surface area contributed by atoms with Crippen LogP contribution in [0.25, 0.3) is 0 Å². The Morgan fingerprint density at radius 1 is 1.00 bits per heavy atom. The van der Waals surface area contributed by atoms with Crippen molar-refractivity contribution in [1.29, 1.82) is 0 Å². The van der Waals surface area contributed by atoms with Crippen LogP contribution in [0.1, 0.15) is 0 Å². The summed E-state index contributed by atoms with van der Waals surface area (Å²) in [4.78, 5) is 0. The maximum atomic E-state index is 5.38. The molecule has 0 aromatic heterocycles. The summed E-state index contributed by atoms with van der Waals surface area (Å²) in [6, 6.07) is 0. The van der Waals surface area contributed by atoms with E-state index >= 15 is 0 Å². The maximum absolute atomic E-state index is 5.38. The van der Waals surface area contributed by atoms with Crippen LogP contribution in [0.4, 0.5) is 0 Å². The predicted octanol–water partition coefficient (Wildman–Crippen LogP) is 1.01. The monoisotopic (exact) mass is 326 g/mol. The fraction of sp³-hybridized carbons (Fsp3) is 1.00. The minimum absolute atomic E-state index is 0. The van der Waals surface area contributed by atoms with Crippen molar-refractivity contribution < 1.29 is 74.0 Å². The molecule has 0 bridgehead atoms. The molecule has 0 N–H and O–H groups in total. The van der Waals surface area contributed by atoms with E-state index in [4.69, 9.17) is 8.54 Å². The SMILES string of the molecule is CO[Si](C)O[Si](C)C.[Y].[Y]. The van der Waals surface area contributed by atoms with E-state index in [-0.39, 0.29) is 65.4 Å². The van der Waals surface area contributed by atoms with E-state index in [0.717, 1.165) is 0 Å². The van der Waals surface area contributed by atoms with Gasteiger partial charge in [-0.3, -0.25) is 0 Å². The molecule has 0 aliphatic carbocycles. The molecule has 0 aromatic carbocycles. The molecule has 0 aliphatic heterocycles. The third kappa shape index (κ3) is 13.2. The fourth-order valence-corrected chi connectivity index (χ4v) is 2.96. The molecule has 0 heterocycles. The molecule has 0 amide bonds. The Morgan fingerprint density at radius 3 is 1.50 bits per heavy atom. The van der Waals surface area contributed by atoms with Crippen LogP contribution in [0.5, 0.6) is 0 Å². The molecule has 0 unspecified atom stereocenters. The molecule has 6 heteroatoms. The summed E-state index contributed by atoms with van der Waals surface area (Å²) >= 11 is 0. The van der Waals surface area contributed by atoms with Gasteiger partial charge in [0, 0.05) is 72.5 Å². The molecule has 0 saturated heterocycles. The molecule has 0 spiro atoms. The Balaban J connectivity index is -0.000000245. The van der Waals surface area contributed by atoms with Crippen molar-refractivity contribution in [3.8, 4) is 0 Å². The zero-order valence-corrected chi connectivity index (χ0v) is 14.6. The number of hydrogen-bond donors (Lipinski definition) is 0. The maximum Gasteiger partial charge on any atom is 0.369 e. The van der Waals surface area contributed by atoms with Gasteiger partial charge in [-0.2, -0.15) is 0 Å². The van der Waals surface area contributed by atoms with Crippen LogP contribution in [0.3, 0.4) is 0 Å². The first-order chi connectivity index (χ1) is 3.66. The van der Waals surface area contributed by atoms with Gasteiger partial charge in [-0.15, -0.1) is 0 Å². The van der Waals surface area contributed by atoms with Gasteiger partial charge in [0.1, 0.15) is 0 Å². The van der Waals surface area contributed by atoms with Gasteiger partial charge in [0.25, 0.3) is 0 Å². The molecule has 0 atom stereocenters. The standard InChI is InChI=1S/C4H12O2Si2.2Y/c1-5-8(4)6-7(2)3;;/h1-4H3;;. The molecule has 0 saturated carbocycles. The largest absolute Gasteiger partial charge is 0.435 e. The fourth-order valence-electron chi connectivity index (χ4n) is 0.329. The van der Waals surface area contributed by atoms with Crippen LogP contribution in [0.15, 0.2) is 0 Å². The zero-order valence-electron chi connectivity index (χ0n) is 6.97. The Kier molecular flexibility index (Phi) is 21.2. The quantitative estimate of drug-likeness (QED) is 0.721. The number of hydrogen-bond acceptors (Lipinski definition) is 2. The summed E-state index contributed by atoms with van der Waals surface area (Å²) in [7, 11) is 0.285.